The second kappa shape index (κ2) is 7.69. The molecule has 2 N–H and O–H groups in total. The summed E-state index contributed by atoms with van der Waals surface area (Å²) in [6, 6.07) is -0.685. The van der Waals surface area contributed by atoms with Crippen molar-refractivity contribution in [1.82, 2.24) is 24.9 Å². The summed E-state index contributed by atoms with van der Waals surface area (Å²) in [6.07, 6.45) is 6.31. The fraction of sp³-hybridized carbons (Fsp3) is 0.444. The minimum absolute atomic E-state index is 0.170. The van der Waals surface area contributed by atoms with Crippen molar-refractivity contribution < 1.29 is 18.0 Å². The summed E-state index contributed by atoms with van der Waals surface area (Å²) >= 11 is 0. The molecule has 3 heterocycles. The van der Waals surface area contributed by atoms with Gasteiger partial charge in [-0.1, -0.05) is 24.8 Å². The van der Waals surface area contributed by atoms with Crippen molar-refractivity contribution in [3.63, 3.8) is 0 Å². The van der Waals surface area contributed by atoms with Crippen molar-refractivity contribution in [3.05, 3.63) is 35.4 Å². The molecule has 0 aliphatic carbocycles. The lowest BCUT2D eigenvalue weighted by Crippen LogP contribution is -2.52. The molecule has 0 spiro atoms. The predicted octanol–water partition coefficient (Wildman–Crippen LogP) is -0.0495. The number of hydrogen-bond acceptors (Lipinski definition) is 6. The molecule has 9 nitrogen and oxygen atoms in total. The monoisotopic (exact) mass is 403 g/mol. The zero-order valence-electron chi connectivity index (χ0n) is 15.7. The fourth-order valence-electron chi connectivity index (χ4n) is 2.91. The van der Waals surface area contributed by atoms with Gasteiger partial charge in [0.1, 0.15) is 11.4 Å². The van der Waals surface area contributed by atoms with Crippen molar-refractivity contribution >= 4 is 22.0 Å². The number of carbonyl (C=O) groups is 2. The zero-order chi connectivity index (χ0) is 20.4. The summed E-state index contributed by atoms with van der Waals surface area (Å²) in [5.41, 5.74) is 0.0675. The molecule has 0 aromatic carbocycles. The topological polar surface area (TPSA) is 121 Å². The van der Waals surface area contributed by atoms with Crippen LogP contribution < -0.4 is 10.6 Å². The van der Waals surface area contributed by atoms with E-state index in [2.05, 4.69) is 32.4 Å². The van der Waals surface area contributed by atoms with E-state index < -0.39 is 33.3 Å². The molecule has 28 heavy (non-hydrogen) atoms. The molecule has 1 fully saturated rings. The summed E-state index contributed by atoms with van der Waals surface area (Å²) < 4.78 is 26.6. The SMILES string of the molecule is CCc1ncc(C#CC2=CCN(S(=O)(=O)C[C@@]3(C)NC(=O)NC3=O)CC2)cn1. The maximum absolute atomic E-state index is 12.7. The Morgan fingerprint density at radius 3 is 2.50 bits per heavy atom. The van der Waals surface area contributed by atoms with Gasteiger partial charge in [-0.2, -0.15) is 4.31 Å². The third-order valence-corrected chi connectivity index (χ3v) is 6.60. The number of nitrogens with zero attached hydrogens (tertiary/aromatic N) is 3. The van der Waals surface area contributed by atoms with E-state index in [9.17, 15) is 18.0 Å². The van der Waals surface area contributed by atoms with Crippen LogP contribution in [-0.2, 0) is 21.2 Å². The van der Waals surface area contributed by atoms with E-state index in [-0.39, 0.29) is 13.1 Å². The third kappa shape index (κ3) is 4.37. The second-order valence-corrected chi connectivity index (χ2v) is 8.79. The molecule has 10 heteroatoms. The Hall–Kier alpha value is -2.77. The van der Waals surface area contributed by atoms with Crippen LogP contribution in [0, 0.1) is 11.8 Å². The number of imide groups is 1. The highest BCUT2D eigenvalue weighted by atomic mass is 32.2. The molecule has 0 radical (unpaired) electrons. The number of urea groups is 1. The number of nitrogens with one attached hydrogen (secondary N) is 2. The van der Waals surface area contributed by atoms with Gasteiger partial charge < -0.3 is 5.32 Å². The number of sulfonamides is 1. The van der Waals surface area contributed by atoms with E-state index in [4.69, 9.17) is 0 Å². The second-order valence-electron chi connectivity index (χ2n) is 6.83. The van der Waals surface area contributed by atoms with Crippen LogP contribution in [0.4, 0.5) is 4.79 Å². The van der Waals surface area contributed by atoms with Gasteiger partial charge in [0.15, 0.2) is 0 Å². The highest BCUT2D eigenvalue weighted by Gasteiger charge is 2.46. The summed E-state index contributed by atoms with van der Waals surface area (Å²) in [5, 5.41) is 4.44. The van der Waals surface area contributed by atoms with Crippen molar-refractivity contribution in [1.29, 1.82) is 0 Å². The fourth-order valence-corrected chi connectivity index (χ4v) is 4.69. The maximum atomic E-state index is 12.7. The van der Waals surface area contributed by atoms with Crippen LogP contribution in [0.25, 0.3) is 0 Å². The summed E-state index contributed by atoms with van der Waals surface area (Å²) in [4.78, 5) is 31.6. The number of aryl methyl sites for hydroxylation is 1. The van der Waals surface area contributed by atoms with Crippen LogP contribution >= 0.6 is 0 Å². The van der Waals surface area contributed by atoms with Gasteiger partial charge in [0.05, 0.1) is 11.3 Å². The first kappa shape index (κ1) is 20.0. The van der Waals surface area contributed by atoms with E-state index >= 15 is 0 Å². The van der Waals surface area contributed by atoms with E-state index in [1.54, 1.807) is 18.5 Å². The molecule has 0 bridgehead atoms. The normalized spacial score (nSPS) is 22.7. The molecular formula is C18H21N5O4S. The smallest absolute Gasteiger partial charge is 0.322 e. The van der Waals surface area contributed by atoms with E-state index in [0.29, 0.717) is 12.0 Å². The number of amides is 3. The highest BCUT2D eigenvalue weighted by molar-refractivity contribution is 7.89. The Bertz CT molecular complexity index is 991. The van der Waals surface area contributed by atoms with Gasteiger partial charge in [0.2, 0.25) is 10.0 Å². The van der Waals surface area contributed by atoms with Gasteiger partial charge >= 0.3 is 6.03 Å². The van der Waals surface area contributed by atoms with Crippen molar-refractivity contribution in [2.24, 2.45) is 0 Å². The van der Waals surface area contributed by atoms with Crippen LogP contribution in [0.2, 0.25) is 0 Å². The molecule has 0 unspecified atom stereocenters. The van der Waals surface area contributed by atoms with Crippen molar-refractivity contribution in [2.45, 2.75) is 32.2 Å². The van der Waals surface area contributed by atoms with Crippen molar-refractivity contribution in [3.8, 4) is 11.8 Å². The minimum Gasteiger partial charge on any atom is -0.322 e. The lowest BCUT2D eigenvalue weighted by atomic mass is 10.1. The Labute approximate surface area is 163 Å². The predicted molar refractivity (Wildman–Crippen MR) is 101 cm³/mol. The maximum Gasteiger partial charge on any atom is 0.322 e. The molecule has 1 aromatic rings. The third-order valence-electron chi connectivity index (χ3n) is 4.54. The largest absolute Gasteiger partial charge is 0.322 e. The summed E-state index contributed by atoms with van der Waals surface area (Å²) in [6.45, 7) is 3.80. The summed E-state index contributed by atoms with van der Waals surface area (Å²) in [7, 11) is -3.73. The number of hydrogen-bond donors (Lipinski definition) is 2. The first-order chi connectivity index (χ1) is 13.2. The Kier molecular flexibility index (Phi) is 5.49. The van der Waals surface area contributed by atoms with Crippen LogP contribution in [0.3, 0.4) is 0 Å². The lowest BCUT2D eigenvalue weighted by Gasteiger charge is -2.28. The average molecular weight is 403 g/mol. The van der Waals surface area contributed by atoms with E-state index in [1.165, 1.54) is 11.2 Å². The zero-order valence-corrected chi connectivity index (χ0v) is 16.5. The van der Waals surface area contributed by atoms with Gasteiger partial charge in [0.25, 0.3) is 5.91 Å². The lowest BCUT2D eigenvalue weighted by molar-refractivity contribution is -0.122. The van der Waals surface area contributed by atoms with Crippen molar-refractivity contribution in [2.75, 3.05) is 18.8 Å². The number of aromatic nitrogens is 2. The highest BCUT2D eigenvalue weighted by Crippen LogP contribution is 2.19. The van der Waals surface area contributed by atoms with Crippen LogP contribution in [0.5, 0.6) is 0 Å². The van der Waals surface area contributed by atoms with Crippen LogP contribution in [0.1, 0.15) is 31.7 Å². The molecule has 0 saturated carbocycles. The Morgan fingerprint density at radius 1 is 1.25 bits per heavy atom. The molecule has 1 aromatic heterocycles. The number of carbonyl (C=O) groups excluding carboxylic acids is 2. The van der Waals surface area contributed by atoms with E-state index in [1.807, 2.05) is 6.92 Å². The standard InChI is InChI=1S/C18H21N5O4S/c1-3-15-19-10-14(11-20-15)5-4-13-6-8-23(9-7-13)28(26,27)12-18(2)16(24)21-17(25)22-18/h6,10-11H,3,7-9,12H2,1-2H3,(H2,21,22,24,25)/t18-/m1/s1. The molecule has 2 aliphatic heterocycles. The minimum atomic E-state index is -3.73. The molecule has 2 aliphatic rings. The van der Waals surface area contributed by atoms with Gasteiger partial charge in [-0.05, 0) is 13.3 Å². The first-order valence-electron chi connectivity index (χ1n) is 8.85. The quantitative estimate of drug-likeness (QED) is 0.537. The molecular weight excluding hydrogens is 382 g/mol. The van der Waals surface area contributed by atoms with Crippen LogP contribution in [-0.4, -0.2) is 59.0 Å². The Balaban J connectivity index is 1.65. The summed E-state index contributed by atoms with van der Waals surface area (Å²) in [5.74, 6) is 5.63. The van der Waals surface area contributed by atoms with Gasteiger partial charge in [-0.3, -0.25) is 10.1 Å². The van der Waals surface area contributed by atoms with Gasteiger partial charge in [0, 0.05) is 37.5 Å². The van der Waals surface area contributed by atoms with Gasteiger partial charge in [-0.25, -0.2) is 23.2 Å². The van der Waals surface area contributed by atoms with E-state index in [0.717, 1.165) is 17.8 Å². The Morgan fingerprint density at radius 2 is 1.96 bits per heavy atom. The first-order valence-corrected chi connectivity index (χ1v) is 10.5. The van der Waals surface area contributed by atoms with Gasteiger partial charge in [-0.15, -0.1) is 0 Å². The molecule has 148 valence electrons. The molecule has 3 rings (SSSR count). The molecule has 3 amide bonds. The number of rotatable bonds is 4. The average Bonchev–Trinajstić information content (AvgIpc) is 2.91. The van der Waals surface area contributed by atoms with Crippen LogP contribution in [0.15, 0.2) is 24.0 Å². The molecule has 1 atom stereocenters. The molecule has 1 saturated heterocycles.